The van der Waals surface area contributed by atoms with Crippen LogP contribution in [0.4, 0.5) is 5.82 Å². The molecule has 0 aliphatic rings. The highest BCUT2D eigenvalue weighted by Gasteiger charge is 2.10. The number of aromatic nitrogens is 3. The lowest BCUT2D eigenvalue weighted by Gasteiger charge is -2.19. The van der Waals surface area contributed by atoms with Crippen molar-refractivity contribution in [3.05, 3.63) is 76.8 Å². The first-order chi connectivity index (χ1) is 13.2. The van der Waals surface area contributed by atoms with E-state index in [1.54, 1.807) is 6.33 Å². The molecule has 4 aromatic rings. The third kappa shape index (κ3) is 3.40. The SMILES string of the molecule is CCCn1cnc(=O)c2ccc(N(C)Cc3ccc4ccccc4c3)nc21. The largest absolute Gasteiger partial charge is 0.355 e. The van der Waals surface area contributed by atoms with Crippen molar-refractivity contribution in [2.45, 2.75) is 26.4 Å². The molecule has 5 nitrogen and oxygen atoms in total. The maximum Gasteiger partial charge on any atom is 0.282 e. The van der Waals surface area contributed by atoms with E-state index in [9.17, 15) is 4.79 Å². The van der Waals surface area contributed by atoms with Gasteiger partial charge in [-0.25, -0.2) is 4.98 Å². The Hall–Kier alpha value is -3.21. The van der Waals surface area contributed by atoms with E-state index in [0.29, 0.717) is 11.0 Å². The molecule has 2 heterocycles. The normalized spacial score (nSPS) is 11.2. The molecule has 0 bridgehead atoms. The van der Waals surface area contributed by atoms with E-state index in [4.69, 9.17) is 4.98 Å². The van der Waals surface area contributed by atoms with Crippen LogP contribution < -0.4 is 10.5 Å². The third-order valence-corrected chi connectivity index (χ3v) is 4.77. The second-order valence-corrected chi connectivity index (χ2v) is 6.82. The molecule has 0 spiro atoms. The second-order valence-electron chi connectivity index (χ2n) is 6.82. The van der Waals surface area contributed by atoms with Crippen LogP contribution in [-0.2, 0) is 13.1 Å². The topological polar surface area (TPSA) is 51.0 Å². The van der Waals surface area contributed by atoms with Crippen molar-refractivity contribution in [3.8, 4) is 0 Å². The van der Waals surface area contributed by atoms with E-state index < -0.39 is 0 Å². The summed E-state index contributed by atoms with van der Waals surface area (Å²) in [5.41, 5.74) is 1.69. The molecular formula is C22H22N4O. The summed E-state index contributed by atoms with van der Waals surface area (Å²) in [6, 6.07) is 18.6. The van der Waals surface area contributed by atoms with E-state index in [2.05, 4.69) is 59.3 Å². The number of hydrogen-bond donors (Lipinski definition) is 0. The predicted octanol–water partition coefficient (Wildman–Crippen LogP) is 3.99. The average molecular weight is 358 g/mol. The highest BCUT2D eigenvalue weighted by molar-refractivity contribution is 5.83. The second kappa shape index (κ2) is 7.19. The Kier molecular flexibility index (Phi) is 4.59. The van der Waals surface area contributed by atoms with Crippen molar-refractivity contribution < 1.29 is 0 Å². The zero-order chi connectivity index (χ0) is 18.8. The zero-order valence-corrected chi connectivity index (χ0v) is 15.6. The summed E-state index contributed by atoms with van der Waals surface area (Å²) in [6.45, 7) is 3.63. The molecule has 0 aliphatic carbocycles. The number of benzene rings is 2. The van der Waals surface area contributed by atoms with Crippen LogP contribution in [0.3, 0.4) is 0 Å². The first-order valence-corrected chi connectivity index (χ1v) is 9.20. The van der Waals surface area contributed by atoms with Gasteiger partial charge in [0.25, 0.3) is 5.56 Å². The minimum absolute atomic E-state index is 0.228. The van der Waals surface area contributed by atoms with Crippen molar-refractivity contribution in [3.63, 3.8) is 0 Å². The highest BCUT2D eigenvalue weighted by Crippen LogP contribution is 2.20. The molecule has 136 valence electrons. The fraction of sp³-hybridized carbons (Fsp3) is 0.227. The van der Waals surface area contributed by atoms with Crippen LogP contribution in [0.25, 0.3) is 21.8 Å². The molecule has 0 saturated heterocycles. The fourth-order valence-corrected chi connectivity index (χ4v) is 3.38. The Balaban J connectivity index is 1.68. The van der Waals surface area contributed by atoms with Crippen LogP contribution in [0.2, 0.25) is 0 Å². The van der Waals surface area contributed by atoms with Gasteiger partial charge in [-0.2, -0.15) is 4.98 Å². The van der Waals surface area contributed by atoms with Crippen LogP contribution >= 0.6 is 0 Å². The number of nitrogens with zero attached hydrogens (tertiary/aromatic N) is 4. The van der Waals surface area contributed by atoms with Gasteiger partial charge in [-0.3, -0.25) is 4.79 Å². The Morgan fingerprint density at radius 1 is 1.04 bits per heavy atom. The Bertz CT molecular complexity index is 1170. The molecule has 0 unspecified atom stereocenters. The average Bonchev–Trinajstić information content (AvgIpc) is 2.70. The molecule has 0 atom stereocenters. The fourth-order valence-electron chi connectivity index (χ4n) is 3.38. The molecule has 27 heavy (non-hydrogen) atoms. The maximum absolute atomic E-state index is 12.1. The first-order valence-electron chi connectivity index (χ1n) is 9.20. The molecular weight excluding hydrogens is 336 g/mol. The van der Waals surface area contributed by atoms with Gasteiger partial charge in [0, 0.05) is 20.1 Å². The van der Waals surface area contributed by atoms with E-state index >= 15 is 0 Å². The van der Waals surface area contributed by atoms with Gasteiger partial charge in [0.15, 0.2) is 0 Å². The lowest BCUT2D eigenvalue weighted by molar-refractivity contribution is 0.676. The lowest BCUT2D eigenvalue weighted by atomic mass is 10.1. The molecule has 2 aromatic carbocycles. The Labute approximate surface area is 157 Å². The summed E-state index contributed by atoms with van der Waals surface area (Å²) < 4.78 is 1.95. The molecule has 0 fully saturated rings. The van der Waals surface area contributed by atoms with E-state index in [1.807, 2.05) is 23.7 Å². The third-order valence-electron chi connectivity index (χ3n) is 4.77. The summed E-state index contributed by atoms with van der Waals surface area (Å²) in [6.07, 6.45) is 2.55. The number of pyridine rings is 1. The number of aryl methyl sites for hydroxylation is 1. The molecule has 0 radical (unpaired) electrons. The smallest absolute Gasteiger partial charge is 0.282 e. The van der Waals surface area contributed by atoms with Crippen molar-refractivity contribution in [1.82, 2.24) is 14.5 Å². The van der Waals surface area contributed by atoms with Crippen LogP contribution in [0.5, 0.6) is 0 Å². The highest BCUT2D eigenvalue weighted by atomic mass is 16.1. The number of fused-ring (bicyclic) bond motifs is 2. The van der Waals surface area contributed by atoms with Crippen molar-refractivity contribution in [1.29, 1.82) is 0 Å². The van der Waals surface area contributed by atoms with Gasteiger partial charge >= 0.3 is 0 Å². The van der Waals surface area contributed by atoms with Gasteiger partial charge in [0.2, 0.25) is 0 Å². The zero-order valence-electron chi connectivity index (χ0n) is 15.6. The summed E-state index contributed by atoms with van der Waals surface area (Å²) in [5, 5.41) is 3.04. The maximum atomic E-state index is 12.1. The minimum atomic E-state index is -0.228. The molecule has 4 rings (SSSR count). The van der Waals surface area contributed by atoms with Gasteiger partial charge in [-0.05, 0) is 41.0 Å². The molecule has 0 amide bonds. The standard InChI is InChI=1S/C22H22N4O/c1-3-12-26-15-23-22(27)19-10-11-20(24-21(19)26)25(2)14-16-8-9-17-6-4-5-7-18(17)13-16/h4-11,13,15H,3,12,14H2,1-2H3. The van der Waals surface area contributed by atoms with E-state index in [-0.39, 0.29) is 5.56 Å². The van der Waals surface area contributed by atoms with Crippen molar-refractivity contribution >= 4 is 27.6 Å². The van der Waals surface area contributed by atoms with Crippen LogP contribution in [0.1, 0.15) is 18.9 Å². The number of hydrogen-bond acceptors (Lipinski definition) is 4. The van der Waals surface area contributed by atoms with Crippen LogP contribution in [0.15, 0.2) is 65.7 Å². The monoisotopic (exact) mass is 358 g/mol. The van der Waals surface area contributed by atoms with Crippen LogP contribution in [-0.4, -0.2) is 21.6 Å². The van der Waals surface area contributed by atoms with Crippen molar-refractivity contribution in [2.75, 3.05) is 11.9 Å². The van der Waals surface area contributed by atoms with Gasteiger partial charge in [0.1, 0.15) is 17.8 Å². The van der Waals surface area contributed by atoms with Gasteiger partial charge in [0.05, 0.1) is 5.39 Å². The summed E-state index contributed by atoms with van der Waals surface area (Å²) in [7, 11) is 2.02. The molecule has 0 saturated carbocycles. The Morgan fingerprint density at radius 3 is 2.67 bits per heavy atom. The van der Waals surface area contributed by atoms with Gasteiger partial charge in [-0.1, -0.05) is 43.3 Å². The van der Waals surface area contributed by atoms with Crippen molar-refractivity contribution in [2.24, 2.45) is 0 Å². The predicted molar refractivity (Wildman–Crippen MR) is 110 cm³/mol. The first kappa shape index (κ1) is 17.2. The van der Waals surface area contributed by atoms with Crippen LogP contribution in [0, 0.1) is 0 Å². The summed E-state index contributed by atoms with van der Waals surface area (Å²) in [5.74, 6) is 0.839. The molecule has 2 aromatic heterocycles. The Morgan fingerprint density at radius 2 is 1.85 bits per heavy atom. The minimum Gasteiger partial charge on any atom is -0.355 e. The lowest BCUT2D eigenvalue weighted by Crippen LogP contribution is -2.20. The number of rotatable bonds is 5. The summed E-state index contributed by atoms with van der Waals surface area (Å²) in [4.78, 5) is 22.9. The molecule has 5 heteroatoms. The van der Waals surface area contributed by atoms with E-state index in [1.165, 1.54) is 16.3 Å². The summed E-state index contributed by atoms with van der Waals surface area (Å²) >= 11 is 0. The molecule has 0 N–H and O–H groups in total. The number of anilines is 1. The van der Waals surface area contributed by atoms with Gasteiger partial charge in [-0.15, -0.1) is 0 Å². The van der Waals surface area contributed by atoms with E-state index in [0.717, 1.165) is 25.3 Å². The molecule has 0 aliphatic heterocycles. The quantitative estimate of drug-likeness (QED) is 0.541. The van der Waals surface area contributed by atoms with Gasteiger partial charge < -0.3 is 9.47 Å².